The van der Waals surface area contributed by atoms with E-state index < -0.39 is 5.97 Å². The highest BCUT2D eigenvalue weighted by Gasteiger charge is 2.17. The predicted octanol–water partition coefficient (Wildman–Crippen LogP) is 1.21. The number of aldehydes is 1. The standard InChI is InChI=1S/C10H10O5/c1-14-7-3-6(5-11)9(10(12)13)8(4-7)15-2/h3-5H,1-2H3,(H,12,13). The maximum Gasteiger partial charge on any atom is 0.340 e. The van der Waals surface area contributed by atoms with Crippen molar-refractivity contribution >= 4 is 12.3 Å². The molecule has 0 unspecified atom stereocenters. The number of methoxy groups -OCH3 is 2. The van der Waals surface area contributed by atoms with Crippen molar-refractivity contribution < 1.29 is 24.2 Å². The van der Waals surface area contributed by atoms with Crippen LogP contribution in [0.5, 0.6) is 11.5 Å². The van der Waals surface area contributed by atoms with Crippen molar-refractivity contribution in [3.05, 3.63) is 23.3 Å². The third-order valence-electron chi connectivity index (χ3n) is 1.90. The van der Waals surface area contributed by atoms with Gasteiger partial charge in [-0.2, -0.15) is 0 Å². The molecule has 0 saturated heterocycles. The Hall–Kier alpha value is -2.04. The third kappa shape index (κ3) is 2.07. The second-order valence-corrected chi connectivity index (χ2v) is 2.72. The van der Waals surface area contributed by atoms with Crippen molar-refractivity contribution in [1.82, 2.24) is 0 Å². The fourth-order valence-corrected chi connectivity index (χ4v) is 1.21. The van der Waals surface area contributed by atoms with Crippen LogP contribution < -0.4 is 9.47 Å². The molecule has 0 atom stereocenters. The van der Waals surface area contributed by atoms with Crippen molar-refractivity contribution in [2.45, 2.75) is 0 Å². The van der Waals surface area contributed by atoms with E-state index in [4.69, 9.17) is 14.6 Å². The van der Waals surface area contributed by atoms with Crippen molar-refractivity contribution in [3.8, 4) is 11.5 Å². The van der Waals surface area contributed by atoms with Gasteiger partial charge in [0.2, 0.25) is 0 Å². The summed E-state index contributed by atoms with van der Waals surface area (Å²) in [7, 11) is 2.75. The van der Waals surface area contributed by atoms with E-state index in [2.05, 4.69) is 0 Å². The van der Waals surface area contributed by atoms with Gasteiger partial charge in [0.15, 0.2) is 6.29 Å². The lowest BCUT2D eigenvalue weighted by molar-refractivity contribution is 0.0690. The Morgan fingerprint density at radius 2 is 2.00 bits per heavy atom. The van der Waals surface area contributed by atoms with Crippen LogP contribution >= 0.6 is 0 Å². The summed E-state index contributed by atoms with van der Waals surface area (Å²) in [6.07, 6.45) is 0.453. The molecule has 0 bridgehead atoms. The number of rotatable bonds is 4. The first-order valence-corrected chi connectivity index (χ1v) is 4.08. The van der Waals surface area contributed by atoms with Crippen molar-refractivity contribution in [2.24, 2.45) is 0 Å². The lowest BCUT2D eigenvalue weighted by Gasteiger charge is -2.09. The molecule has 0 aliphatic heterocycles. The van der Waals surface area contributed by atoms with E-state index in [1.807, 2.05) is 0 Å². The van der Waals surface area contributed by atoms with Gasteiger partial charge in [0.05, 0.1) is 14.2 Å². The van der Waals surface area contributed by atoms with E-state index in [-0.39, 0.29) is 16.9 Å². The van der Waals surface area contributed by atoms with E-state index in [9.17, 15) is 9.59 Å². The van der Waals surface area contributed by atoms with Crippen LogP contribution in [0.25, 0.3) is 0 Å². The molecule has 1 rings (SSSR count). The van der Waals surface area contributed by atoms with Crippen molar-refractivity contribution in [2.75, 3.05) is 14.2 Å². The molecule has 1 N–H and O–H groups in total. The van der Waals surface area contributed by atoms with Crippen LogP contribution in [0.1, 0.15) is 20.7 Å². The fraction of sp³-hybridized carbons (Fsp3) is 0.200. The molecule has 1 aromatic rings. The van der Waals surface area contributed by atoms with Crippen LogP contribution in [0.15, 0.2) is 12.1 Å². The van der Waals surface area contributed by atoms with E-state index in [1.54, 1.807) is 0 Å². The van der Waals surface area contributed by atoms with Gasteiger partial charge in [0.1, 0.15) is 17.1 Å². The van der Waals surface area contributed by atoms with Crippen LogP contribution in [0, 0.1) is 0 Å². The van der Waals surface area contributed by atoms with Crippen LogP contribution in [0.2, 0.25) is 0 Å². The first kappa shape index (κ1) is 11.0. The Kier molecular flexibility index (Phi) is 3.28. The summed E-state index contributed by atoms with van der Waals surface area (Å²) in [6.45, 7) is 0. The average molecular weight is 210 g/mol. The van der Waals surface area contributed by atoms with E-state index >= 15 is 0 Å². The summed E-state index contributed by atoms with van der Waals surface area (Å²) in [5.74, 6) is -0.737. The quantitative estimate of drug-likeness (QED) is 0.756. The zero-order valence-electron chi connectivity index (χ0n) is 8.31. The molecule has 0 radical (unpaired) electrons. The number of carboxylic acid groups (broad SMARTS) is 1. The molecule has 0 heterocycles. The summed E-state index contributed by atoms with van der Waals surface area (Å²) in [4.78, 5) is 21.6. The largest absolute Gasteiger partial charge is 0.497 e. The molecular formula is C10H10O5. The van der Waals surface area contributed by atoms with Gasteiger partial charge in [-0.1, -0.05) is 0 Å². The Balaban J connectivity index is 3.46. The molecule has 0 saturated carbocycles. The van der Waals surface area contributed by atoms with Gasteiger partial charge in [-0.3, -0.25) is 4.79 Å². The Bertz CT molecular complexity index is 397. The number of ether oxygens (including phenoxy) is 2. The first-order valence-electron chi connectivity index (χ1n) is 4.08. The number of carbonyl (C=O) groups is 2. The fourth-order valence-electron chi connectivity index (χ4n) is 1.21. The number of carboxylic acids is 1. The lowest BCUT2D eigenvalue weighted by Crippen LogP contribution is -2.05. The molecule has 0 aliphatic carbocycles. The summed E-state index contributed by atoms with van der Waals surface area (Å²) < 4.78 is 9.77. The molecule has 0 aliphatic rings. The second-order valence-electron chi connectivity index (χ2n) is 2.72. The molecule has 0 amide bonds. The van der Waals surface area contributed by atoms with Crippen LogP contribution in [-0.4, -0.2) is 31.6 Å². The first-order chi connectivity index (χ1) is 7.13. The minimum atomic E-state index is -1.21. The van der Waals surface area contributed by atoms with Crippen molar-refractivity contribution in [3.63, 3.8) is 0 Å². The lowest BCUT2D eigenvalue weighted by atomic mass is 10.1. The van der Waals surface area contributed by atoms with Crippen LogP contribution in [-0.2, 0) is 0 Å². The summed E-state index contributed by atoms with van der Waals surface area (Å²) >= 11 is 0. The van der Waals surface area contributed by atoms with Gasteiger partial charge in [-0.15, -0.1) is 0 Å². The second kappa shape index (κ2) is 4.45. The zero-order chi connectivity index (χ0) is 11.4. The van der Waals surface area contributed by atoms with Gasteiger partial charge in [-0.05, 0) is 6.07 Å². The highest BCUT2D eigenvalue weighted by atomic mass is 16.5. The normalized spacial score (nSPS) is 9.47. The summed E-state index contributed by atoms with van der Waals surface area (Å²) in [6, 6.07) is 2.76. The molecule has 0 aromatic heterocycles. The molecule has 5 heteroatoms. The van der Waals surface area contributed by atoms with E-state index in [0.29, 0.717) is 12.0 Å². The SMILES string of the molecule is COc1cc(C=O)c(C(=O)O)c(OC)c1. The van der Waals surface area contributed by atoms with Crippen molar-refractivity contribution in [1.29, 1.82) is 0 Å². The van der Waals surface area contributed by atoms with E-state index in [0.717, 1.165) is 0 Å². The Morgan fingerprint density at radius 1 is 1.33 bits per heavy atom. The third-order valence-corrected chi connectivity index (χ3v) is 1.90. The average Bonchev–Trinajstić information content (AvgIpc) is 2.26. The van der Waals surface area contributed by atoms with Gasteiger partial charge >= 0.3 is 5.97 Å². The minimum absolute atomic E-state index is 0.0266. The van der Waals surface area contributed by atoms with Gasteiger partial charge in [-0.25, -0.2) is 4.79 Å². The molecule has 0 fully saturated rings. The van der Waals surface area contributed by atoms with Crippen LogP contribution in [0.3, 0.4) is 0 Å². The Morgan fingerprint density at radius 3 is 2.40 bits per heavy atom. The molecule has 0 spiro atoms. The highest BCUT2D eigenvalue weighted by molar-refractivity contribution is 6.00. The van der Waals surface area contributed by atoms with E-state index in [1.165, 1.54) is 26.4 Å². The molecule has 5 nitrogen and oxygen atoms in total. The topological polar surface area (TPSA) is 72.8 Å². The maximum atomic E-state index is 10.9. The smallest absolute Gasteiger partial charge is 0.340 e. The zero-order valence-corrected chi connectivity index (χ0v) is 8.31. The van der Waals surface area contributed by atoms with Gasteiger partial charge in [0, 0.05) is 11.6 Å². The number of hydrogen-bond acceptors (Lipinski definition) is 4. The highest BCUT2D eigenvalue weighted by Crippen LogP contribution is 2.27. The summed E-state index contributed by atoms with van der Waals surface area (Å²) in [5.41, 5.74) is -0.132. The number of carbonyl (C=O) groups excluding carboxylic acids is 1. The number of aromatic carboxylic acids is 1. The van der Waals surface area contributed by atoms with Gasteiger partial charge < -0.3 is 14.6 Å². The number of benzene rings is 1. The maximum absolute atomic E-state index is 10.9. The molecule has 80 valence electrons. The number of hydrogen-bond donors (Lipinski definition) is 1. The monoisotopic (exact) mass is 210 g/mol. The van der Waals surface area contributed by atoms with Crippen LogP contribution in [0.4, 0.5) is 0 Å². The predicted molar refractivity (Wildman–Crippen MR) is 51.9 cm³/mol. The molecule has 15 heavy (non-hydrogen) atoms. The Labute approximate surface area is 86.2 Å². The molecular weight excluding hydrogens is 200 g/mol. The minimum Gasteiger partial charge on any atom is -0.497 e. The van der Waals surface area contributed by atoms with Gasteiger partial charge in [0.25, 0.3) is 0 Å². The summed E-state index contributed by atoms with van der Waals surface area (Å²) in [5, 5.41) is 8.89. The molecule has 1 aromatic carbocycles.